The Kier molecular flexibility index (Phi) is 4.50. The largest absolute Gasteiger partial charge is 0.452 e. The van der Waals surface area contributed by atoms with E-state index in [0.29, 0.717) is 11.3 Å². The number of aromatic nitrogens is 4. The van der Waals surface area contributed by atoms with Crippen LogP contribution in [0.25, 0.3) is 5.69 Å². The number of hydrogen-bond acceptors (Lipinski definition) is 6. The van der Waals surface area contributed by atoms with E-state index < -0.39 is 5.97 Å². The van der Waals surface area contributed by atoms with Crippen molar-refractivity contribution in [1.29, 1.82) is 0 Å². The molecule has 0 unspecified atom stereocenters. The zero-order chi connectivity index (χ0) is 16.2. The van der Waals surface area contributed by atoms with Crippen molar-refractivity contribution in [1.82, 2.24) is 25.5 Å². The van der Waals surface area contributed by atoms with Gasteiger partial charge in [0.1, 0.15) is 6.33 Å². The third kappa shape index (κ3) is 4.37. The van der Waals surface area contributed by atoms with Crippen LogP contribution < -0.4 is 5.32 Å². The number of nitrogens with one attached hydrogen (secondary N) is 1. The zero-order valence-electron chi connectivity index (χ0n) is 12.6. The van der Waals surface area contributed by atoms with Gasteiger partial charge in [0.05, 0.1) is 11.3 Å². The molecule has 116 valence electrons. The van der Waals surface area contributed by atoms with E-state index in [-0.39, 0.29) is 18.1 Å². The molecule has 0 spiro atoms. The Morgan fingerprint density at radius 2 is 2.09 bits per heavy atom. The van der Waals surface area contributed by atoms with E-state index in [4.69, 9.17) is 4.74 Å². The van der Waals surface area contributed by atoms with E-state index in [1.165, 1.54) is 11.0 Å². The summed E-state index contributed by atoms with van der Waals surface area (Å²) in [5.74, 6) is -0.934. The minimum atomic E-state index is -0.584. The van der Waals surface area contributed by atoms with Gasteiger partial charge in [-0.1, -0.05) is 6.07 Å². The van der Waals surface area contributed by atoms with Crippen LogP contribution in [0.15, 0.2) is 30.6 Å². The van der Waals surface area contributed by atoms with Crippen molar-refractivity contribution in [2.24, 2.45) is 0 Å². The van der Waals surface area contributed by atoms with Crippen LogP contribution in [0.1, 0.15) is 31.1 Å². The quantitative estimate of drug-likeness (QED) is 0.836. The number of amides is 1. The van der Waals surface area contributed by atoms with Crippen molar-refractivity contribution in [2.45, 2.75) is 26.3 Å². The highest BCUT2D eigenvalue weighted by Crippen LogP contribution is 2.10. The van der Waals surface area contributed by atoms with Gasteiger partial charge in [0.25, 0.3) is 5.91 Å². The number of tetrazole rings is 1. The molecule has 8 heteroatoms. The monoisotopic (exact) mass is 303 g/mol. The van der Waals surface area contributed by atoms with E-state index in [2.05, 4.69) is 20.8 Å². The fourth-order valence-corrected chi connectivity index (χ4v) is 1.72. The van der Waals surface area contributed by atoms with Crippen LogP contribution in [-0.2, 0) is 9.53 Å². The summed E-state index contributed by atoms with van der Waals surface area (Å²) < 4.78 is 6.42. The summed E-state index contributed by atoms with van der Waals surface area (Å²) in [7, 11) is 0. The van der Waals surface area contributed by atoms with Crippen molar-refractivity contribution in [3.05, 3.63) is 36.2 Å². The molecule has 1 aromatic heterocycles. The van der Waals surface area contributed by atoms with Crippen molar-refractivity contribution >= 4 is 11.9 Å². The molecule has 0 aliphatic heterocycles. The third-order valence-electron chi connectivity index (χ3n) is 2.54. The second kappa shape index (κ2) is 6.33. The normalized spacial score (nSPS) is 11.0. The molecule has 0 aliphatic rings. The molecule has 2 aromatic rings. The predicted octanol–water partition coefficient (Wildman–Crippen LogP) is 0.734. The number of carbonyl (C=O) groups is 2. The number of hydrogen-bond donors (Lipinski definition) is 1. The molecule has 0 saturated carbocycles. The van der Waals surface area contributed by atoms with Gasteiger partial charge >= 0.3 is 5.97 Å². The van der Waals surface area contributed by atoms with E-state index in [1.54, 1.807) is 24.3 Å². The molecule has 0 radical (unpaired) electrons. The van der Waals surface area contributed by atoms with Gasteiger partial charge in [-0.2, -0.15) is 0 Å². The van der Waals surface area contributed by atoms with E-state index in [1.807, 2.05) is 20.8 Å². The molecule has 22 heavy (non-hydrogen) atoms. The highest BCUT2D eigenvalue weighted by atomic mass is 16.5. The molecule has 1 aromatic carbocycles. The first-order valence-corrected chi connectivity index (χ1v) is 6.67. The van der Waals surface area contributed by atoms with Gasteiger partial charge in [-0.3, -0.25) is 4.79 Å². The Bertz CT molecular complexity index is 661. The number of benzene rings is 1. The number of ether oxygens (including phenoxy) is 1. The van der Waals surface area contributed by atoms with Crippen LogP contribution in [-0.4, -0.2) is 44.2 Å². The second-order valence-electron chi connectivity index (χ2n) is 5.68. The van der Waals surface area contributed by atoms with Gasteiger partial charge in [0, 0.05) is 5.54 Å². The SMILES string of the molecule is CC(C)(C)NC(=O)COC(=O)c1cccc(-n2cnnn2)c1. The predicted molar refractivity (Wildman–Crippen MR) is 77.3 cm³/mol. The fraction of sp³-hybridized carbons (Fsp3) is 0.357. The lowest BCUT2D eigenvalue weighted by Gasteiger charge is -2.20. The topological polar surface area (TPSA) is 99.0 Å². The summed E-state index contributed by atoms with van der Waals surface area (Å²) >= 11 is 0. The van der Waals surface area contributed by atoms with Crippen molar-refractivity contribution in [2.75, 3.05) is 6.61 Å². The molecule has 1 amide bonds. The Hall–Kier alpha value is -2.77. The number of esters is 1. The molecule has 0 fully saturated rings. The molecule has 0 saturated heterocycles. The molecule has 8 nitrogen and oxygen atoms in total. The summed E-state index contributed by atoms with van der Waals surface area (Å²) in [5.41, 5.74) is 0.568. The maximum atomic E-state index is 12.0. The fourth-order valence-electron chi connectivity index (χ4n) is 1.72. The average molecular weight is 303 g/mol. The summed E-state index contributed by atoms with van der Waals surface area (Å²) in [6, 6.07) is 6.61. The minimum absolute atomic E-state index is 0.316. The second-order valence-corrected chi connectivity index (χ2v) is 5.68. The van der Waals surface area contributed by atoms with E-state index in [9.17, 15) is 9.59 Å². The number of carbonyl (C=O) groups excluding carboxylic acids is 2. The number of rotatable bonds is 4. The molecule has 2 rings (SSSR count). The molecule has 0 aliphatic carbocycles. The summed E-state index contributed by atoms with van der Waals surface area (Å²) in [6.07, 6.45) is 1.42. The van der Waals surface area contributed by atoms with Crippen LogP contribution in [0.5, 0.6) is 0 Å². The first-order valence-electron chi connectivity index (χ1n) is 6.67. The Labute approximate surface area is 127 Å². The van der Waals surface area contributed by atoms with Crippen LogP contribution in [0, 0.1) is 0 Å². The summed E-state index contributed by atoms with van der Waals surface area (Å²) in [4.78, 5) is 23.6. The summed E-state index contributed by atoms with van der Waals surface area (Å²) in [5, 5.41) is 13.5. The smallest absolute Gasteiger partial charge is 0.338 e. The zero-order valence-corrected chi connectivity index (χ0v) is 12.6. The number of nitrogens with zero attached hydrogens (tertiary/aromatic N) is 4. The van der Waals surface area contributed by atoms with Crippen LogP contribution in [0.2, 0.25) is 0 Å². The van der Waals surface area contributed by atoms with E-state index >= 15 is 0 Å². The van der Waals surface area contributed by atoms with Crippen LogP contribution in [0.4, 0.5) is 0 Å². The Morgan fingerprint density at radius 1 is 1.32 bits per heavy atom. The van der Waals surface area contributed by atoms with Gasteiger partial charge in [0.15, 0.2) is 6.61 Å². The molecule has 0 bridgehead atoms. The van der Waals surface area contributed by atoms with Gasteiger partial charge in [-0.25, -0.2) is 9.48 Å². The van der Waals surface area contributed by atoms with Crippen LogP contribution in [0.3, 0.4) is 0 Å². The average Bonchev–Trinajstić information content (AvgIpc) is 2.97. The summed E-state index contributed by atoms with van der Waals surface area (Å²) in [6.45, 7) is 5.22. The van der Waals surface area contributed by atoms with Gasteiger partial charge in [-0.15, -0.1) is 5.10 Å². The lowest BCUT2D eigenvalue weighted by atomic mass is 10.1. The van der Waals surface area contributed by atoms with Gasteiger partial charge in [-0.05, 0) is 49.4 Å². The highest BCUT2D eigenvalue weighted by molar-refractivity contribution is 5.91. The third-order valence-corrected chi connectivity index (χ3v) is 2.54. The maximum Gasteiger partial charge on any atom is 0.338 e. The Morgan fingerprint density at radius 3 is 2.73 bits per heavy atom. The van der Waals surface area contributed by atoms with Crippen molar-refractivity contribution in [3.63, 3.8) is 0 Å². The van der Waals surface area contributed by atoms with Crippen molar-refractivity contribution < 1.29 is 14.3 Å². The van der Waals surface area contributed by atoms with Gasteiger partial charge in [0.2, 0.25) is 0 Å². The van der Waals surface area contributed by atoms with Crippen LogP contribution >= 0.6 is 0 Å². The lowest BCUT2D eigenvalue weighted by Crippen LogP contribution is -2.42. The van der Waals surface area contributed by atoms with Gasteiger partial charge < -0.3 is 10.1 Å². The minimum Gasteiger partial charge on any atom is -0.452 e. The first kappa shape index (κ1) is 15.6. The first-order chi connectivity index (χ1) is 10.3. The molecule has 1 N–H and O–H groups in total. The lowest BCUT2D eigenvalue weighted by molar-refractivity contribution is -0.125. The maximum absolute atomic E-state index is 12.0. The standard InChI is InChI=1S/C14H17N5O3/c1-14(2,3)16-12(20)8-22-13(21)10-5-4-6-11(7-10)19-9-15-17-18-19/h4-7,9H,8H2,1-3H3,(H,16,20). The molecular formula is C14H17N5O3. The van der Waals surface area contributed by atoms with Crippen molar-refractivity contribution in [3.8, 4) is 5.69 Å². The highest BCUT2D eigenvalue weighted by Gasteiger charge is 2.16. The molecule has 1 heterocycles. The molecule has 0 atom stereocenters. The molecular weight excluding hydrogens is 286 g/mol. The Balaban J connectivity index is 1.99. The van der Waals surface area contributed by atoms with E-state index in [0.717, 1.165) is 0 Å².